The average molecular weight is 378 g/mol. The number of likely N-dealkylation sites (tertiary alicyclic amines) is 2. The fraction of sp³-hybridized carbons (Fsp3) is 0.375. The van der Waals surface area contributed by atoms with Crippen LogP contribution in [0.3, 0.4) is 0 Å². The molecule has 0 radical (unpaired) electrons. The van der Waals surface area contributed by atoms with Gasteiger partial charge in [0.2, 0.25) is 5.91 Å². The van der Waals surface area contributed by atoms with E-state index in [9.17, 15) is 9.18 Å². The number of halogens is 1. The Hall–Kier alpha value is -2.46. The molecule has 146 valence electrons. The molecule has 3 nitrogen and oxygen atoms in total. The second-order valence-corrected chi connectivity index (χ2v) is 7.79. The van der Waals surface area contributed by atoms with Crippen LogP contribution in [-0.4, -0.2) is 41.4 Å². The van der Waals surface area contributed by atoms with E-state index < -0.39 is 0 Å². The van der Waals surface area contributed by atoms with Crippen molar-refractivity contribution in [3.63, 3.8) is 0 Å². The van der Waals surface area contributed by atoms with Crippen LogP contribution in [0, 0.1) is 5.82 Å². The van der Waals surface area contributed by atoms with Gasteiger partial charge in [0, 0.05) is 19.6 Å². The number of hydrogen-bond donors (Lipinski definition) is 0. The third-order valence-corrected chi connectivity index (χ3v) is 5.84. The molecular weight excluding hydrogens is 351 g/mol. The molecular formula is C24H27FN2O. The van der Waals surface area contributed by atoms with Crippen molar-refractivity contribution in [1.82, 2.24) is 9.80 Å². The number of hydrogen-bond acceptors (Lipinski definition) is 2. The molecule has 2 saturated heterocycles. The number of benzene rings is 2. The van der Waals surface area contributed by atoms with Gasteiger partial charge in [-0.2, -0.15) is 0 Å². The van der Waals surface area contributed by atoms with Crippen molar-refractivity contribution in [3.05, 3.63) is 77.1 Å². The van der Waals surface area contributed by atoms with E-state index in [0.717, 1.165) is 57.4 Å². The van der Waals surface area contributed by atoms with Crippen molar-refractivity contribution in [2.24, 2.45) is 0 Å². The molecule has 1 amide bonds. The molecule has 4 rings (SSSR count). The predicted octanol–water partition coefficient (Wildman–Crippen LogP) is 4.50. The highest BCUT2D eigenvalue weighted by Gasteiger charge is 2.34. The van der Waals surface area contributed by atoms with Crippen LogP contribution in [0.5, 0.6) is 0 Å². The Morgan fingerprint density at radius 2 is 1.71 bits per heavy atom. The molecule has 2 aromatic carbocycles. The van der Waals surface area contributed by atoms with Crippen LogP contribution in [0.15, 0.2) is 60.2 Å². The largest absolute Gasteiger partial charge is 0.341 e. The van der Waals surface area contributed by atoms with E-state index in [2.05, 4.69) is 35.2 Å². The van der Waals surface area contributed by atoms with Gasteiger partial charge in [0.1, 0.15) is 5.82 Å². The molecule has 0 aliphatic carbocycles. The van der Waals surface area contributed by atoms with Gasteiger partial charge in [-0.05, 0) is 55.5 Å². The summed E-state index contributed by atoms with van der Waals surface area (Å²) in [6, 6.07) is 17.0. The molecule has 2 fully saturated rings. The number of nitrogens with zero attached hydrogens (tertiary/aromatic N) is 2. The molecule has 0 spiro atoms. The molecule has 2 aliphatic heterocycles. The summed E-state index contributed by atoms with van der Waals surface area (Å²) in [6.07, 6.45) is 5.98. The highest BCUT2D eigenvalue weighted by Crippen LogP contribution is 2.25. The standard InChI is InChI=1S/C24H27FN2O/c25-22-10-8-19(9-11-22)17-20-12-15-26(16-13-20)24(28)23-7-4-14-27(23)18-21-5-2-1-3-6-21/h1-3,5-6,8-11,17,23H,4,7,12-16,18H2/t23-/m0/s1. The molecule has 0 unspecified atom stereocenters. The normalized spacial score (nSPS) is 20.4. The fourth-order valence-electron chi connectivity index (χ4n) is 4.28. The summed E-state index contributed by atoms with van der Waals surface area (Å²) in [4.78, 5) is 17.5. The van der Waals surface area contributed by atoms with Crippen molar-refractivity contribution < 1.29 is 9.18 Å². The first-order valence-corrected chi connectivity index (χ1v) is 10.2. The van der Waals surface area contributed by atoms with E-state index in [4.69, 9.17) is 0 Å². The predicted molar refractivity (Wildman–Crippen MR) is 110 cm³/mol. The Morgan fingerprint density at radius 1 is 1.00 bits per heavy atom. The minimum atomic E-state index is -0.209. The van der Waals surface area contributed by atoms with Gasteiger partial charge in [-0.15, -0.1) is 0 Å². The minimum Gasteiger partial charge on any atom is -0.341 e. The lowest BCUT2D eigenvalue weighted by atomic mass is 10.00. The van der Waals surface area contributed by atoms with E-state index in [1.165, 1.54) is 23.3 Å². The number of amides is 1. The molecule has 2 aromatic rings. The van der Waals surface area contributed by atoms with Crippen LogP contribution < -0.4 is 0 Å². The molecule has 0 saturated carbocycles. The summed E-state index contributed by atoms with van der Waals surface area (Å²) < 4.78 is 13.1. The number of carbonyl (C=O) groups is 1. The summed E-state index contributed by atoms with van der Waals surface area (Å²) in [5.74, 6) is 0.0773. The van der Waals surface area contributed by atoms with Gasteiger partial charge in [0.15, 0.2) is 0 Å². The SMILES string of the molecule is O=C([C@@H]1CCCN1Cc1ccccc1)N1CCC(=Cc2ccc(F)cc2)CC1. The Labute approximate surface area is 166 Å². The van der Waals surface area contributed by atoms with Gasteiger partial charge in [0.25, 0.3) is 0 Å². The first kappa shape index (κ1) is 18.9. The van der Waals surface area contributed by atoms with Crippen LogP contribution in [0.2, 0.25) is 0 Å². The van der Waals surface area contributed by atoms with E-state index in [0.29, 0.717) is 0 Å². The third kappa shape index (κ3) is 4.50. The van der Waals surface area contributed by atoms with Crippen LogP contribution in [-0.2, 0) is 11.3 Å². The van der Waals surface area contributed by atoms with Gasteiger partial charge in [0.05, 0.1) is 6.04 Å². The van der Waals surface area contributed by atoms with Crippen LogP contribution in [0.4, 0.5) is 4.39 Å². The quantitative estimate of drug-likeness (QED) is 0.782. The minimum absolute atomic E-state index is 0.0165. The Kier molecular flexibility index (Phi) is 5.87. The van der Waals surface area contributed by atoms with E-state index in [1.807, 2.05) is 11.0 Å². The number of carbonyl (C=O) groups excluding carboxylic acids is 1. The number of piperidine rings is 1. The molecule has 0 N–H and O–H groups in total. The second kappa shape index (κ2) is 8.70. The smallest absolute Gasteiger partial charge is 0.239 e. The average Bonchev–Trinajstić information content (AvgIpc) is 3.18. The fourth-order valence-corrected chi connectivity index (χ4v) is 4.28. The Morgan fingerprint density at radius 3 is 2.43 bits per heavy atom. The third-order valence-electron chi connectivity index (χ3n) is 5.84. The monoisotopic (exact) mass is 378 g/mol. The van der Waals surface area contributed by atoms with E-state index >= 15 is 0 Å². The molecule has 2 aliphatic rings. The van der Waals surface area contributed by atoms with Crippen LogP contribution in [0.25, 0.3) is 6.08 Å². The number of rotatable bonds is 4. The maximum Gasteiger partial charge on any atom is 0.239 e. The molecule has 0 aromatic heterocycles. The molecule has 4 heteroatoms. The lowest BCUT2D eigenvalue weighted by molar-refractivity contribution is -0.136. The highest BCUT2D eigenvalue weighted by molar-refractivity contribution is 5.82. The van der Waals surface area contributed by atoms with E-state index in [-0.39, 0.29) is 17.8 Å². The lowest BCUT2D eigenvalue weighted by Crippen LogP contribution is -2.47. The molecule has 28 heavy (non-hydrogen) atoms. The summed E-state index contributed by atoms with van der Waals surface area (Å²) >= 11 is 0. The van der Waals surface area contributed by atoms with Crippen molar-refractivity contribution in [3.8, 4) is 0 Å². The Bertz CT molecular complexity index is 821. The highest BCUT2D eigenvalue weighted by atomic mass is 19.1. The first-order chi connectivity index (χ1) is 13.7. The van der Waals surface area contributed by atoms with Crippen LogP contribution in [0.1, 0.15) is 36.8 Å². The van der Waals surface area contributed by atoms with E-state index in [1.54, 1.807) is 12.1 Å². The summed E-state index contributed by atoms with van der Waals surface area (Å²) in [6.45, 7) is 3.40. The maximum atomic E-state index is 13.1. The zero-order valence-corrected chi connectivity index (χ0v) is 16.2. The van der Waals surface area contributed by atoms with Gasteiger partial charge in [-0.3, -0.25) is 9.69 Å². The van der Waals surface area contributed by atoms with Gasteiger partial charge >= 0.3 is 0 Å². The van der Waals surface area contributed by atoms with Crippen LogP contribution >= 0.6 is 0 Å². The zero-order valence-electron chi connectivity index (χ0n) is 16.2. The maximum absolute atomic E-state index is 13.1. The summed E-state index contributed by atoms with van der Waals surface area (Å²) in [5, 5.41) is 0. The zero-order chi connectivity index (χ0) is 19.3. The van der Waals surface area contributed by atoms with Crippen molar-refractivity contribution in [2.45, 2.75) is 38.3 Å². The topological polar surface area (TPSA) is 23.6 Å². The second-order valence-electron chi connectivity index (χ2n) is 7.79. The first-order valence-electron chi connectivity index (χ1n) is 10.2. The van der Waals surface area contributed by atoms with Gasteiger partial charge in [-0.25, -0.2) is 4.39 Å². The lowest BCUT2D eigenvalue weighted by Gasteiger charge is -2.33. The summed E-state index contributed by atoms with van der Waals surface area (Å²) in [7, 11) is 0. The Balaban J connectivity index is 1.35. The van der Waals surface area contributed by atoms with Crippen molar-refractivity contribution in [1.29, 1.82) is 0 Å². The van der Waals surface area contributed by atoms with Crippen molar-refractivity contribution in [2.75, 3.05) is 19.6 Å². The molecule has 1 atom stereocenters. The van der Waals surface area contributed by atoms with Gasteiger partial charge in [-0.1, -0.05) is 54.1 Å². The van der Waals surface area contributed by atoms with Gasteiger partial charge < -0.3 is 4.90 Å². The summed E-state index contributed by atoms with van der Waals surface area (Å²) in [5.41, 5.74) is 3.63. The van der Waals surface area contributed by atoms with Crippen molar-refractivity contribution >= 4 is 12.0 Å². The molecule has 0 bridgehead atoms. The molecule has 2 heterocycles.